The van der Waals surface area contributed by atoms with Gasteiger partial charge in [0.2, 0.25) is 5.43 Å². The molecule has 1 N–H and O–H groups in total. The molecule has 24 heavy (non-hydrogen) atoms. The van der Waals surface area contributed by atoms with Gasteiger partial charge in [-0.3, -0.25) is 9.59 Å². The zero-order valence-electron chi connectivity index (χ0n) is 13.5. The zero-order chi connectivity index (χ0) is 17.3. The van der Waals surface area contributed by atoms with Crippen molar-refractivity contribution in [1.29, 1.82) is 0 Å². The van der Waals surface area contributed by atoms with Gasteiger partial charge in [0, 0.05) is 28.8 Å². The van der Waals surface area contributed by atoms with Gasteiger partial charge in [-0.05, 0) is 50.2 Å². The van der Waals surface area contributed by atoms with Crippen molar-refractivity contribution in [3.8, 4) is 0 Å². The summed E-state index contributed by atoms with van der Waals surface area (Å²) >= 11 is 5.84. The van der Waals surface area contributed by atoms with Crippen LogP contribution in [0.1, 0.15) is 22.8 Å². The molecule has 0 spiro atoms. The number of nitrogens with one attached hydrogen (secondary N) is 1. The van der Waals surface area contributed by atoms with Crippen LogP contribution in [-0.4, -0.2) is 10.5 Å². The lowest BCUT2D eigenvalue weighted by Crippen LogP contribution is -2.23. The Hall–Kier alpha value is -2.59. The predicted octanol–water partition coefficient (Wildman–Crippen LogP) is 4.24. The molecule has 0 radical (unpaired) electrons. The molecule has 2 aromatic carbocycles. The van der Waals surface area contributed by atoms with Crippen molar-refractivity contribution in [2.24, 2.45) is 0 Å². The van der Waals surface area contributed by atoms with Gasteiger partial charge in [-0.15, -0.1) is 0 Å². The first kappa shape index (κ1) is 16.3. The molecule has 0 saturated heterocycles. The van der Waals surface area contributed by atoms with E-state index in [0.717, 1.165) is 11.1 Å². The third-order valence-electron chi connectivity index (χ3n) is 3.92. The summed E-state index contributed by atoms with van der Waals surface area (Å²) in [6.45, 7) is 4.57. The summed E-state index contributed by atoms with van der Waals surface area (Å²) in [7, 11) is 0. The molecule has 1 heterocycles. The third kappa shape index (κ3) is 3.05. The van der Waals surface area contributed by atoms with Gasteiger partial charge in [0.1, 0.15) is 5.56 Å². The summed E-state index contributed by atoms with van der Waals surface area (Å²) in [6.07, 6.45) is 1.62. The molecule has 0 saturated carbocycles. The van der Waals surface area contributed by atoms with E-state index in [1.54, 1.807) is 30.5 Å². The van der Waals surface area contributed by atoms with Crippen molar-refractivity contribution in [2.75, 3.05) is 5.32 Å². The Kier molecular flexibility index (Phi) is 4.40. The Morgan fingerprint density at radius 2 is 1.88 bits per heavy atom. The van der Waals surface area contributed by atoms with E-state index in [0.29, 0.717) is 22.6 Å². The van der Waals surface area contributed by atoms with Crippen LogP contribution in [0.15, 0.2) is 53.5 Å². The maximum Gasteiger partial charge on any atom is 0.261 e. The molecule has 4 nitrogen and oxygen atoms in total. The molecule has 5 heteroatoms. The van der Waals surface area contributed by atoms with Gasteiger partial charge in [-0.2, -0.15) is 0 Å². The highest BCUT2D eigenvalue weighted by molar-refractivity contribution is 6.30. The molecular formula is C19H17ClN2O2. The lowest BCUT2D eigenvalue weighted by molar-refractivity contribution is 0.102. The van der Waals surface area contributed by atoms with Gasteiger partial charge in [0.15, 0.2) is 0 Å². The molecule has 122 valence electrons. The highest BCUT2D eigenvalue weighted by atomic mass is 35.5. The number of hydrogen-bond acceptors (Lipinski definition) is 2. The fourth-order valence-electron chi connectivity index (χ4n) is 2.67. The number of anilines is 1. The zero-order valence-corrected chi connectivity index (χ0v) is 14.2. The standard InChI is InChI=1S/C19H17ClN2O2/c1-3-22-11-16(18(23)15-10-12(2)4-9-17(15)22)19(24)21-14-7-5-13(20)6-8-14/h4-11H,3H2,1-2H3,(H,21,24). The van der Waals surface area contributed by atoms with Crippen LogP contribution in [-0.2, 0) is 6.54 Å². The number of pyridine rings is 1. The van der Waals surface area contributed by atoms with E-state index in [1.165, 1.54) is 0 Å². The highest BCUT2D eigenvalue weighted by Crippen LogP contribution is 2.17. The first-order valence-corrected chi connectivity index (χ1v) is 8.08. The van der Waals surface area contributed by atoms with E-state index in [1.807, 2.05) is 36.6 Å². The second-order valence-electron chi connectivity index (χ2n) is 5.64. The minimum absolute atomic E-state index is 0.130. The molecule has 1 aromatic heterocycles. The molecule has 0 bridgehead atoms. The lowest BCUT2D eigenvalue weighted by Gasteiger charge is -2.12. The Bertz CT molecular complexity index is 975. The molecule has 0 aliphatic heterocycles. The molecule has 0 aliphatic rings. The number of fused-ring (bicyclic) bond motifs is 1. The van der Waals surface area contributed by atoms with Crippen LogP contribution in [0.4, 0.5) is 5.69 Å². The summed E-state index contributed by atoms with van der Waals surface area (Å²) in [4.78, 5) is 25.3. The Morgan fingerprint density at radius 3 is 2.54 bits per heavy atom. The Labute approximate surface area is 144 Å². The molecule has 0 fully saturated rings. The molecule has 0 unspecified atom stereocenters. The first-order chi connectivity index (χ1) is 11.5. The van der Waals surface area contributed by atoms with Crippen LogP contribution in [0.25, 0.3) is 10.9 Å². The topological polar surface area (TPSA) is 51.1 Å². The van der Waals surface area contributed by atoms with E-state index < -0.39 is 5.91 Å². The number of hydrogen-bond donors (Lipinski definition) is 1. The number of amides is 1. The van der Waals surface area contributed by atoms with Gasteiger partial charge in [-0.1, -0.05) is 23.2 Å². The van der Waals surface area contributed by atoms with Crippen LogP contribution < -0.4 is 10.7 Å². The van der Waals surface area contributed by atoms with Crippen LogP contribution in [0, 0.1) is 6.92 Å². The lowest BCUT2D eigenvalue weighted by atomic mass is 10.1. The number of halogens is 1. The van der Waals surface area contributed by atoms with Crippen molar-refractivity contribution in [2.45, 2.75) is 20.4 Å². The summed E-state index contributed by atoms with van der Waals surface area (Å²) in [5, 5.41) is 3.89. The minimum atomic E-state index is -0.423. The van der Waals surface area contributed by atoms with Crippen molar-refractivity contribution < 1.29 is 4.79 Å². The van der Waals surface area contributed by atoms with Gasteiger partial charge < -0.3 is 9.88 Å². The van der Waals surface area contributed by atoms with Crippen molar-refractivity contribution in [1.82, 2.24) is 4.57 Å². The van der Waals surface area contributed by atoms with E-state index in [4.69, 9.17) is 11.6 Å². The van der Waals surface area contributed by atoms with Gasteiger partial charge >= 0.3 is 0 Å². The fraction of sp³-hybridized carbons (Fsp3) is 0.158. The number of rotatable bonds is 3. The SMILES string of the molecule is CCn1cc(C(=O)Nc2ccc(Cl)cc2)c(=O)c2cc(C)ccc21. The molecule has 3 aromatic rings. The summed E-state index contributed by atoms with van der Waals surface area (Å²) < 4.78 is 1.91. The molecule has 0 aliphatic carbocycles. The van der Waals surface area contributed by atoms with Crippen LogP contribution >= 0.6 is 11.6 Å². The monoisotopic (exact) mass is 340 g/mol. The van der Waals surface area contributed by atoms with Gasteiger partial charge in [0.05, 0.1) is 5.52 Å². The fourth-order valence-corrected chi connectivity index (χ4v) is 2.79. The highest BCUT2D eigenvalue weighted by Gasteiger charge is 2.15. The number of benzene rings is 2. The van der Waals surface area contributed by atoms with Crippen molar-refractivity contribution in [3.63, 3.8) is 0 Å². The van der Waals surface area contributed by atoms with E-state index in [-0.39, 0.29) is 11.0 Å². The van der Waals surface area contributed by atoms with Crippen LogP contribution in [0.5, 0.6) is 0 Å². The Morgan fingerprint density at radius 1 is 1.17 bits per heavy atom. The molecule has 1 amide bonds. The summed E-state index contributed by atoms with van der Waals surface area (Å²) in [6, 6.07) is 12.5. The first-order valence-electron chi connectivity index (χ1n) is 7.70. The van der Waals surface area contributed by atoms with Crippen molar-refractivity contribution in [3.05, 3.63) is 75.0 Å². The largest absolute Gasteiger partial charge is 0.347 e. The van der Waals surface area contributed by atoms with E-state index in [2.05, 4.69) is 5.32 Å². The Balaban J connectivity index is 2.08. The van der Waals surface area contributed by atoms with Crippen LogP contribution in [0.3, 0.4) is 0 Å². The molecular weight excluding hydrogens is 324 g/mol. The number of aryl methyl sites for hydroxylation is 2. The van der Waals surface area contributed by atoms with Crippen LogP contribution in [0.2, 0.25) is 5.02 Å². The minimum Gasteiger partial charge on any atom is -0.347 e. The van der Waals surface area contributed by atoms with Crippen molar-refractivity contribution >= 4 is 34.1 Å². The number of nitrogens with zero attached hydrogens (tertiary/aromatic N) is 1. The number of aromatic nitrogens is 1. The smallest absolute Gasteiger partial charge is 0.261 e. The second-order valence-corrected chi connectivity index (χ2v) is 6.08. The van der Waals surface area contributed by atoms with Gasteiger partial charge in [-0.25, -0.2) is 0 Å². The van der Waals surface area contributed by atoms with Gasteiger partial charge in [0.25, 0.3) is 5.91 Å². The summed E-state index contributed by atoms with van der Waals surface area (Å²) in [5.74, 6) is -0.423. The van der Waals surface area contributed by atoms with E-state index >= 15 is 0 Å². The maximum atomic E-state index is 12.7. The van der Waals surface area contributed by atoms with E-state index in [9.17, 15) is 9.59 Å². The number of carbonyl (C=O) groups excluding carboxylic acids is 1. The normalized spacial score (nSPS) is 10.8. The third-order valence-corrected chi connectivity index (χ3v) is 4.18. The molecule has 0 atom stereocenters. The predicted molar refractivity (Wildman–Crippen MR) is 98.0 cm³/mol. The molecule has 3 rings (SSSR count). The second kappa shape index (κ2) is 6.49. The average Bonchev–Trinajstić information content (AvgIpc) is 2.57. The number of carbonyl (C=O) groups is 1. The quantitative estimate of drug-likeness (QED) is 0.775. The maximum absolute atomic E-state index is 12.7. The average molecular weight is 341 g/mol. The summed E-state index contributed by atoms with van der Waals surface area (Å²) in [5.41, 5.74) is 2.28.